The zero-order valence-corrected chi connectivity index (χ0v) is 10.4. The topological polar surface area (TPSA) is 69.3 Å². The molecule has 0 fully saturated rings. The van der Waals surface area contributed by atoms with Crippen molar-refractivity contribution in [2.45, 2.75) is 13.0 Å². The maximum absolute atomic E-state index is 11.6. The molecule has 2 rings (SSSR count). The van der Waals surface area contributed by atoms with E-state index in [9.17, 15) is 4.79 Å². The molecule has 0 aromatic carbocycles. The van der Waals surface area contributed by atoms with Crippen LogP contribution >= 0.6 is 0 Å². The number of pyridine rings is 1. The van der Waals surface area contributed by atoms with Gasteiger partial charge in [0.2, 0.25) is 0 Å². The summed E-state index contributed by atoms with van der Waals surface area (Å²) < 4.78 is 11.6. The van der Waals surface area contributed by atoms with E-state index in [4.69, 9.17) is 9.15 Å². The first-order valence-electron chi connectivity index (χ1n) is 5.97. The summed E-state index contributed by atoms with van der Waals surface area (Å²) in [5.74, 6) is -0.359. The lowest BCUT2D eigenvalue weighted by atomic mass is 10.4. The average Bonchev–Trinajstić information content (AvgIpc) is 2.70. The Balaban J connectivity index is 1.91. The molecule has 6 nitrogen and oxygen atoms in total. The molecule has 0 aliphatic carbocycles. The molecule has 2 aromatic rings. The Hall–Kier alpha value is -1.66. The minimum absolute atomic E-state index is 0.359. The fraction of sp³-hybridized carbons (Fsp3) is 0.500. The van der Waals surface area contributed by atoms with Gasteiger partial charge in [-0.25, -0.2) is 9.78 Å². The summed E-state index contributed by atoms with van der Waals surface area (Å²) in [7, 11) is 1.68. The quantitative estimate of drug-likeness (QED) is 0.730. The van der Waals surface area contributed by atoms with E-state index in [0.717, 1.165) is 19.6 Å². The first-order chi connectivity index (χ1) is 8.83. The number of nitrogens with zero attached hydrogens (tertiary/aromatic N) is 2. The van der Waals surface area contributed by atoms with Crippen LogP contribution in [0.5, 0.6) is 0 Å². The zero-order chi connectivity index (χ0) is 12.8. The average molecular weight is 251 g/mol. The number of aromatic nitrogens is 2. The summed E-state index contributed by atoms with van der Waals surface area (Å²) in [6.07, 6.45) is 2.61. The standard InChI is InChI=1S/C12H17N3O3/c1-17-9-3-5-13-7-8-15-11-10(18-12(15)16)4-2-6-14-11/h2,4,6,13H,3,5,7-9H2,1H3. The highest BCUT2D eigenvalue weighted by molar-refractivity contribution is 5.67. The van der Waals surface area contributed by atoms with Gasteiger partial charge in [-0.1, -0.05) is 0 Å². The Morgan fingerprint density at radius 3 is 3.22 bits per heavy atom. The van der Waals surface area contributed by atoms with Crippen LogP contribution in [0.25, 0.3) is 11.2 Å². The largest absolute Gasteiger partial charge is 0.421 e. The second-order valence-electron chi connectivity index (χ2n) is 3.94. The Bertz CT molecular complexity index is 547. The predicted octanol–water partition coefficient (Wildman–Crippen LogP) is 0.616. The molecule has 0 bridgehead atoms. The molecule has 0 atom stereocenters. The van der Waals surface area contributed by atoms with Crippen LogP contribution in [-0.2, 0) is 11.3 Å². The summed E-state index contributed by atoms with van der Waals surface area (Å²) in [4.78, 5) is 15.8. The van der Waals surface area contributed by atoms with E-state index in [0.29, 0.717) is 24.3 Å². The molecule has 2 heterocycles. The number of methoxy groups -OCH3 is 1. The van der Waals surface area contributed by atoms with Gasteiger partial charge in [0.15, 0.2) is 11.2 Å². The van der Waals surface area contributed by atoms with Gasteiger partial charge >= 0.3 is 5.76 Å². The fourth-order valence-electron chi connectivity index (χ4n) is 1.75. The van der Waals surface area contributed by atoms with E-state index < -0.39 is 0 Å². The number of hydrogen-bond acceptors (Lipinski definition) is 5. The van der Waals surface area contributed by atoms with Gasteiger partial charge in [0.25, 0.3) is 0 Å². The van der Waals surface area contributed by atoms with Crippen LogP contribution in [0.4, 0.5) is 0 Å². The summed E-state index contributed by atoms with van der Waals surface area (Å²) in [5, 5.41) is 3.24. The SMILES string of the molecule is COCCCNCCn1c(=O)oc2cccnc21. The highest BCUT2D eigenvalue weighted by atomic mass is 16.5. The molecule has 6 heteroatoms. The molecule has 0 radical (unpaired) electrons. The fourth-order valence-corrected chi connectivity index (χ4v) is 1.75. The lowest BCUT2D eigenvalue weighted by Crippen LogP contribution is -2.25. The van der Waals surface area contributed by atoms with Gasteiger partial charge in [-0.2, -0.15) is 0 Å². The highest BCUT2D eigenvalue weighted by Gasteiger charge is 2.08. The maximum atomic E-state index is 11.6. The van der Waals surface area contributed by atoms with E-state index in [1.165, 1.54) is 0 Å². The van der Waals surface area contributed by atoms with Crippen LogP contribution in [0.3, 0.4) is 0 Å². The highest BCUT2D eigenvalue weighted by Crippen LogP contribution is 2.07. The summed E-state index contributed by atoms with van der Waals surface area (Å²) in [5.41, 5.74) is 1.13. The number of ether oxygens (including phenoxy) is 1. The van der Waals surface area contributed by atoms with Gasteiger partial charge in [0.1, 0.15) is 0 Å². The van der Waals surface area contributed by atoms with Crippen molar-refractivity contribution in [2.75, 3.05) is 26.8 Å². The predicted molar refractivity (Wildman–Crippen MR) is 67.6 cm³/mol. The third-order valence-corrected chi connectivity index (χ3v) is 2.64. The molecule has 0 aliphatic heterocycles. The van der Waals surface area contributed by atoms with Crippen LogP contribution in [-0.4, -0.2) is 36.4 Å². The second kappa shape index (κ2) is 6.32. The van der Waals surface area contributed by atoms with Gasteiger partial charge in [0.05, 0.1) is 0 Å². The van der Waals surface area contributed by atoms with Crippen molar-refractivity contribution in [3.63, 3.8) is 0 Å². The van der Waals surface area contributed by atoms with Crippen LogP contribution in [0.15, 0.2) is 27.5 Å². The molecule has 0 saturated carbocycles. The van der Waals surface area contributed by atoms with E-state index in [1.807, 2.05) is 0 Å². The molecule has 18 heavy (non-hydrogen) atoms. The van der Waals surface area contributed by atoms with Crippen molar-refractivity contribution in [2.24, 2.45) is 0 Å². The molecule has 0 spiro atoms. The first-order valence-corrected chi connectivity index (χ1v) is 5.97. The van der Waals surface area contributed by atoms with Gasteiger partial charge < -0.3 is 14.5 Å². The van der Waals surface area contributed by atoms with E-state index in [2.05, 4.69) is 10.3 Å². The molecule has 1 N–H and O–H groups in total. The van der Waals surface area contributed by atoms with Crippen molar-refractivity contribution in [3.05, 3.63) is 28.9 Å². The van der Waals surface area contributed by atoms with E-state index in [-0.39, 0.29) is 5.76 Å². The summed E-state index contributed by atoms with van der Waals surface area (Å²) in [6.45, 7) is 2.86. The Kier molecular flexibility index (Phi) is 4.49. The van der Waals surface area contributed by atoms with Crippen LogP contribution in [0, 0.1) is 0 Å². The zero-order valence-electron chi connectivity index (χ0n) is 10.4. The lowest BCUT2D eigenvalue weighted by molar-refractivity contribution is 0.194. The second-order valence-corrected chi connectivity index (χ2v) is 3.94. The third kappa shape index (κ3) is 2.96. The van der Waals surface area contributed by atoms with Gasteiger partial charge in [-0.05, 0) is 25.1 Å². The molecule has 98 valence electrons. The van der Waals surface area contributed by atoms with Crippen LogP contribution < -0.4 is 11.1 Å². The molecule has 0 amide bonds. The van der Waals surface area contributed by atoms with Gasteiger partial charge in [-0.15, -0.1) is 0 Å². The Morgan fingerprint density at radius 1 is 1.50 bits per heavy atom. The van der Waals surface area contributed by atoms with Gasteiger partial charge in [0, 0.05) is 33.0 Å². The van der Waals surface area contributed by atoms with Crippen LogP contribution in [0.1, 0.15) is 6.42 Å². The molecule has 0 saturated heterocycles. The number of fused-ring (bicyclic) bond motifs is 1. The van der Waals surface area contributed by atoms with Crippen molar-refractivity contribution < 1.29 is 9.15 Å². The molecular formula is C12H17N3O3. The van der Waals surface area contributed by atoms with Gasteiger partial charge in [-0.3, -0.25) is 4.57 Å². The first kappa shape index (κ1) is 12.8. The molecule has 0 aliphatic rings. The number of rotatable bonds is 7. The van der Waals surface area contributed by atoms with Crippen LogP contribution in [0.2, 0.25) is 0 Å². The summed E-state index contributed by atoms with van der Waals surface area (Å²) in [6, 6.07) is 3.49. The number of oxazole rings is 1. The smallest absolute Gasteiger partial charge is 0.406 e. The number of hydrogen-bond donors (Lipinski definition) is 1. The molecule has 2 aromatic heterocycles. The van der Waals surface area contributed by atoms with E-state index >= 15 is 0 Å². The van der Waals surface area contributed by atoms with Crippen molar-refractivity contribution in [1.29, 1.82) is 0 Å². The monoisotopic (exact) mass is 251 g/mol. The number of nitrogens with one attached hydrogen (secondary N) is 1. The Morgan fingerprint density at radius 2 is 2.39 bits per heavy atom. The minimum Gasteiger partial charge on any atom is -0.406 e. The normalized spacial score (nSPS) is 11.2. The van der Waals surface area contributed by atoms with E-state index in [1.54, 1.807) is 30.0 Å². The van der Waals surface area contributed by atoms with Crippen molar-refractivity contribution in [3.8, 4) is 0 Å². The van der Waals surface area contributed by atoms with Crippen molar-refractivity contribution in [1.82, 2.24) is 14.9 Å². The maximum Gasteiger partial charge on any atom is 0.421 e. The Labute approximate surface area is 105 Å². The van der Waals surface area contributed by atoms with Crippen molar-refractivity contribution >= 4 is 11.2 Å². The minimum atomic E-state index is -0.359. The molecule has 0 unspecified atom stereocenters. The molecular weight excluding hydrogens is 234 g/mol. The lowest BCUT2D eigenvalue weighted by Gasteiger charge is -2.04. The third-order valence-electron chi connectivity index (χ3n) is 2.64. The summed E-state index contributed by atoms with van der Waals surface area (Å²) >= 11 is 0.